The monoisotopic (exact) mass is 293 g/mol. The third kappa shape index (κ3) is 13.8. The minimum Gasteiger partial charge on any atom is -0.369 e. The van der Waals surface area contributed by atoms with Crippen molar-refractivity contribution in [3.8, 4) is 0 Å². The van der Waals surface area contributed by atoms with Crippen molar-refractivity contribution in [1.82, 2.24) is 0 Å². The Bertz CT molecular complexity index is 94.8. The summed E-state index contributed by atoms with van der Waals surface area (Å²) in [5.74, 6) is 1.12. The van der Waals surface area contributed by atoms with E-state index in [4.69, 9.17) is 0 Å². The summed E-state index contributed by atoms with van der Waals surface area (Å²) in [5, 5.41) is 0. The third-order valence-corrected chi connectivity index (χ3v) is 1.73. The van der Waals surface area contributed by atoms with E-state index in [1.807, 2.05) is 0 Å². The fraction of sp³-hybridized carbons (Fsp3) is 0.800. The SMILES string of the molecule is [CH2-]C([CH-]C(C)C)C(C)(C)C.[V+2].[V].[V]. The van der Waals surface area contributed by atoms with E-state index >= 15 is 0 Å². The van der Waals surface area contributed by atoms with Crippen molar-refractivity contribution in [2.45, 2.75) is 34.6 Å². The van der Waals surface area contributed by atoms with Crippen LogP contribution in [0.4, 0.5) is 0 Å². The van der Waals surface area contributed by atoms with Crippen LogP contribution in [0, 0.1) is 30.6 Å². The van der Waals surface area contributed by atoms with Crippen molar-refractivity contribution in [2.75, 3.05) is 0 Å². The molecule has 0 aliphatic carbocycles. The molecule has 0 nitrogen and oxygen atoms in total. The molecular weight excluding hydrogens is 273 g/mol. The van der Waals surface area contributed by atoms with Crippen LogP contribution in [-0.4, -0.2) is 0 Å². The van der Waals surface area contributed by atoms with E-state index < -0.39 is 0 Å². The van der Waals surface area contributed by atoms with Crippen LogP contribution in [0.5, 0.6) is 0 Å². The second-order valence-corrected chi connectivity index (χ2v) is 4.41. The van der Waals surface area contributed by atoms with Gasteiger partial charge >= 0.3 is 18.6 Å². The van der Waals surface area contributed by atoms with Gasteiger partial charge in [-0.15, -0.1) is 0 Å². The molecule has 0 aliphatic heterocycles. The minimum atomic E-state index is 0. The second kappa shape index (κ2) is 10.3. The van der Waals surface area contributed by atoms with Crippen LogP contribution >= 0.6 is 0 Å². The van der Waals surface area contributed by atoms with Crippen molar-refractivity contribution < 1.29 is 55.7 Å². The van der Waals surface area contributed by atoms with Crippen LogP contribution in [0.3, 0.4) is 0 Å². The summed E-state index contributed by atoms with van der Waals surface area (Å²) in [6.07, 6.45) is 2.31. The first-order chi connectivity index (χ1) is 4.34. The Morgan fingerprint density at radius 3 is 1.46 bits per heavy atom. The van der Waals surface area contributed by atoms with Gasteiger partial charge in [-0.1, -0.05) is 40.0 Å². The first-order valence-electron chi connectivity index (χ1n) is 4.02. The Labute approximate surface area is 120 Å². The van der Waals surface area contributed by atoms with Crippen LogP contribution < -0.4 is 0 Å². The average molecular weight is 293 g/mol. The summed E-state index contributed by atoms with van der Waals surface area (Å²) in [6.45, 7) is 15.2. The van der Waals surface area contributed by atoms with Gasteiger partial charge in [0.25, 0.3) is 0 Å². The van der Waals surface area contributed by atoms with Crippen LogP contribution in [0.1, 0.15) is 34.6 Å². The zero-order valence-corrected chi connectivity index (χ0v) is 13.5. The molecule has 3 radical (unpaired) electrons. The van der Waals surface area contributed by atoms with Gasteiger partial charge in [-0.05, 0) is 0 Å². The molecule has 0 saturated carbocycles. The quantitative estimate of drug-likeness (QED) is 0.685. The van der Waals surface area contributed by atoms with E-state index in [1.54, 1.807) is 0 Å². The normalized spacial score (nSPS) is 12.2. The van der Waals surface area contributed by atoms with Crippen LogP contribution in [0.15, 0.2) is 0 Å². The maximum Gasteiger partial charge on any atom is 2.00 e. The van der Waals surface area contributed by atoms with Gasteiger partial charge in [0.05, 0.1) is 0 Å². The van der Waals surface area contributed by atoms with E-state index in [9.17, 15) is 0 Å². The van der Waals surface area contributed by atoms with E-state index in [0.717, 1.165) is 0 Å². The van der Waals surface area contributed by atoms with Gasteiger partial charge in [-0.3, -0.25) is 5.92 Å². The fourth-order valence-corrected chi connectivity index (χ4v) is 0.753. The Morgan fingerprint density at radius 2 is 1.38 bits per heavy atom. The molecule has 0 spiro atoms. The van der Waals surface area contributed by atoms with Crippen LogP contribution in [0.2, 0.25) is 0 Å². The van der Waals surface area contributed by atoms with Gasteiger partial charge in [0.2, 0.25) is 0 Å². The van der Waals surface area contributed by atoms with E-state index in [0.29, 0.717) is 17.3 Å². The molecule has 13 heavy (non-hydrogen) atoms. The molecule has 0 rings (SSSR count). The molecule has 1 unspecified atom stereocenters. The number of hydrogen-bond donors (Lipinski definition) is 0. The average Bonchev–Trinajstić information content (AvgIpc) is 1.60. The van der Waals surface area contributed by atoms with Gasteiger partial charge < -0.3 is 13.3 Å². The largest absolute Gasteiger partial charge is 2.00 e. The third-order valence-electron chi connectivity index (χ3n) is 1.73. The molecule has 0 aromatic rings. The van der Waals surface area contributed by atoms with Gasteiger partial charge in [0.1, 0.15) is 0 Å². The van der Waals surface area contributed by atoms with E-state index in [1.165, 1.54) is 0 Å². The summed E-state index contributed by atoms with van der Waals surface area (Å²) in [6, 6.07) is 0. The summed E-state index contributed by atoms with van der Waals surface area (Å²) < 4.78 is 0. The molecule has 0 aromatic carbocycles. The summed E-state index contributed by atoms with van der Waals surface area (Å²) in [7, 11) is 0. The number of rotatable bonds is 2. The zero-order chi connectivity index (χ0) is 8.36. The molecule has 1 atom stereocenters. The maximum atomic E-state index is 4.09. The smallest absolute Gasteiger partial charge is 0.369 e. The first kappa shape index (κ1) is 24.1. The molecule has 0 fully saturated rings. The standard InChI is InChI=1S/C10H20.3V/c1-8(2)7-9(3)10(4,5)6;;;/h7-9H,3H2,1-2,4-6H3;;;/q-2;;;+2. The molecular formula is C10H20V3. The Hall–Kier alpha value is 1.75. The number of hydrogen-bond acceptors (Lipinski definition) is 0. The molecule has 0 bridgehead atoms. The molecule has 0 saturated heterocycles. The Morgan fingerprint density at radius 1 is 1.08 bits per heavy atom. The van der Waals surface area contributed by atoms with Crippen molar-refractivity contribution in [3.05, 3.63) is 13.3 Å². The van der Waals surface area contributed by atoms with Crippen molar-refractivity contribution in [1.29, 1.82) is 0 Å². The predicted octanol–water partition coefficient (Wildman–Crippen LogP) is 3.34. The van der Waals surface area contributed by atoms with Crippen LogP contribution in [0.25, 0.3) is 0 Å². The summed E-state index contributed by atoms with van der Waals surface area (Å²) in [4.78, 5) is 0. The fourth-order valence-electron chi connectivity index (χ4n) is 0.753. The van der Waals surface area contributed by atoms with Crippen LogP contribution in [-0.2, 0) is 55.7 Å². The van der Waals surface area contributed by atoms with Crippen molar-refractivity contribution in [3.63, 3.8) is 0 Å². The van der Waals surface area contributed by atoms with E-state index in [-0.39, 0.29) is 55.7 Å². The molecule has 0 aliphatic rings. The molecule has 0 N–H and O–H groups in total. The predicted molar refractivity (Wildman–Crippen MR) is 47.4 cm³/mol. The molecule has 75 valence electrons. The van der Waals surface area contributed by atoms with Crippen molar-refractivity contribution in [2.24, 2.45) is 17.3 Å². The van der Waals surface area contributed by atoms with Gasteiger partial charge in [-0.25, -0.2) is 0 Å². The first-order valence-corrected chi connectivity index (χ1v) is 4.02. The molecule has 0 heterocycles. The maximum absolute atomic E-state index is 4.09. The van der Waals surface area contributed by atoms with Gasteiger partial charge in [-0.2, -0.15) is 5.92 Å². The Balaban J connectivity index is -0.000000135. The van der Waals surface area contributed by atoms with Crippen molar-refractivity contribution >= 4 is 0 Å². The topological polar surface area (TPSA) is 0 Å². The zero-order valence-electron chi connectivity index (χ0n) is 9.28. The van der Waals surface area contributed by atoms with Gasteiger partial charge in [0.15, 0.2) is 0 Å². The Kier molecular flexibility index (Phi) is 19.1. The minimum absolute atomic E-state index is 0. The molecule has 0 amide bonds. The molecule has 3 heteroatoms. The van der Waals surface area contributed by atoms with Gasteiger partial charge in [0, 0.05) is 37.1 Å². The summed E-state index contributed by atoms with van der Waals surface area (Å²) >= 11 is 0. The van der Waals surface area contributed by atoms with E-state index in [2.05, 4.69) is 48.0 Å². The second-order valence-electron chi connectivity index (χ2n) is 4.41. The summed E-state index contributed by atoms with van der Waals surface area (Å²) in [5.41, 5.74) is 0.324. The molecule has 0 aromatic heterocycles.